The van der Waals surface area contributed by atoms with E-state index in [-0.39, 0.29) is 74.9 Å². The summed E-state index contributed by atoms with van der Waals surface area (Å²) in [7, 11) is -20.5. The van der Waals surface area contributed by atoms with E-state index in [2.05, 4.69) is 76.5 Å². The third kappa shape index (κ3) is 14.8. The number of primary amides is 2. The molecule has 1 saturated heterocycles. The lowest BCUT2D eigenvalue weighted by molar-refractivity contribution is 0.0997. The highest BCUT2D eigenvalue weighted by Gasteiger charge is 2.27. The second-order valence-corrected chi connectivity index (χ2v) is 24.0. The second kappa shape index (κ2) is 24.4. The number of amides is 3. The van der Waals surface area contributed by atoms with Crippen molar-refractivity contribution < 1.29 is 66.6 Å². The Morgan fingerprint density at radius 1 is 0.659 bits per heavy atom. The van der Waals surface area contributed by atoms with Crippen molar-refractivity contribution in [2.75, 3.05) is 65.4 Å². The van der Waals surface area contributed by atoms with Crippen molar-refractivity contribution in [2.24, 2.45) is 31.9 Å². The standard InChI is InChI=1S/C44H43Cl2N19O16S4/c1-3-65-36(67)33(35(47)66)20(2)34(37(65)68)62-61-28-17-23(5-7-30(28)83(73,74)75)50-42-54-38(45)53-41(57-42)49-8-9-63-10-12-64(13-11-63)44-56-39(46)55-43(58-44)51-22-4-6-26(27(16-22)52-40(48)69)59-60-29-19-25-21(15-32(29)85(79,80)81)14-24(82(70,71)72)18-31(25)84(76,77)78/h4-7,14-19,68H,3,8-13H2,1-2H3,(H2,47,66)(H3,48,52,69)(H,70,71,72)(H,73,74,75)(H,76,77,78)(H,79,80,81)(H,51,55,56,58)(H2,49,50,53,54,57)/b60-59-,62-61+. The van der Waals surface area contributed by atoms with Gasteiger partial charge in [0.15, 0.2) is 0 Å². The summed E-state index contributed by atoms with van der Waals surface area (Å²) in [6.07, 6.45) is 0. The number of aromatic nitrogens is 7. The number of carbonyl (C=O) groups excluding carboxylic acids is 2. The maximum atomic E-state index is 12.8. The van der Waals surface area contributed by atoms with Crippen LogP contribution < -0.4 is 43.2 Å². The van der Waals surface area contributed by atoms with E-state index in [9.17, 15) is 71.4 Å². The van der Waals surface area contributed by atoms with Crippen molar-refractivity contribution in [1.29, 1.82) is 0 Å². The molecule has 1 aliphatic heterocycles. The fraction of sp³-hybridized carbons (Fsp3) is 0.205. The van der Waals surface area contributed by atoms with Crippen LogP contribution in [-0.4, -0.2) is 148 Å². The number of nitrogens with zero attached hydrogens (tertiary/aromatic N) is 13. The molecule has 0 aliphatic carbocycles. The van der Waals surface area contributed by atoms with Crippen molar-refractivity contribution in [3.05, 3.63) is 92.7 Å². The Morgan fingerprint density at radius 2 is 1.24 bits per heavy atom. The molecule has 0 saturated carbocycles. The summed E-state index contributed by atoms with van der Waals surface area (Å²) in [5.41, 5.74) is 7.77. The van der Waals surface area contributed by atoms with E-state index in [1.165, 1.54) is 38.1 Å². The first kappa shape index (κ1) is 62.3. The molecule has 0 spiro atoms. The van der Waals surface area contributed by atoms with Gasteiger partial charge >= 0.3 is 6.03 Å². The molecule has 1 fully saturated rings. The molecular weight excluding hydrogens is 1250 g/mol. The van der Waals surface area contributed by atoms with Gasteiger partial charge in [-0.1, -0.05) is 0 Å². The minimum absolute atomic E-state index is 0.0478. The molecule has 0 bridgehead atoms. The number of hydrogen-bond donors (Lipinski definition) is 11. The molecule has 85 heavy (non-hydrogen) atoms. The van der Waals surface area contributed by atoms with Crippen molar-refractivity contribution in [3.8, 4) is 5.88 Å². The number of nitrogens with two attached hydrogens (primary N) is 2. The van der Waals surface area contributed by atoms with Crippen LogP contribution in [0, 0.1) is 6.92 Å². The molecule has 1 aliphatic rings. The van der Waals surface area contributed by atoms with Gasteiger partial charge in [0.05, 0.1) is 10.6 Å². The Morgan fingerprint density at radius 3 is 1.85 bits per heavy atom. The summed E-state index contributed by atoms with van der Waals surface area (Å²) >= 11 is 12.6. The Labute approximate surface area is 489 Å². The first-order valence-electron chi connectivity index (χ1n) is 23.8. The van der Waals surface area contributed by atoms with Gasteiger partial charge < -0.3 is 42.7 Å². The zero-order chi connectivity index (χ0) is 62.1. The van der Waals surface area contributed by atoms with Gasteiger partial charge in [-0.15, -0.1) is 20.5 Å². The lowest BCUT2D eigenvalue weighted by Crippen LogP contribution is -2.48. The summed E-state index contributed by atoms with van der Waals surface area (Å²) in [4.78, 5) is 62.5. The molecule has 13 N–H and O–H groups in total. The molecule has 0 radical (unpaired) electrons. The van der Waals surface area contributed by atoms with Crippen LogP contribution in [0.15, 0.2) is 105 Å². The molecule has 8 rings (SSSR count). The van der Waals surface area contributed by atoms with E-state index in [4.69, 9.17) is 34.7 Å². The van der Waals surface area contributed by atoms with E-state index < -0.39 is 111 Å². The van der Waals surface area contributed by atoms with Gasteiger partial charge in [-0.25, -0.2) is 4.79 Å². The lowest BCUT2D eigenvalue weighted by atomic mass is 10.1. The number of piperazine rings is 1. The van der Waals surface area contributed by atoms with Crippen LogP contribution in [-0.2, 0) is 47.0 Å². The molecule has 4 heterocycles. The molecule has 35 nitrogen and oxygen atoms in total. The number of rotatable bonds is 20. The van der Waals surface area contributed by atoms with Crippen molar-refractivity contribution in [3.63, 3.8) is 0 Å². The van der Waals surface area contributed by atoms with Crippen LogP contribution in [0.25, 0.3) is 10.8 Å². The van der Waals surface area contributed by atoms with Gasteiger partial charge in [0.1, 0.15) is 43.0 Å². The number of fused-ring (bicyclic) bond motifs is 1. The number of hydrogen-bond acceptors (Lipinski definition) is 27. The lowest BCUT2D eigenvalue weighted by Gasteiger charge is -2.34. The van der Waals surface area contributed by atoms with Crippen molar-refractivity contribution >= 4 is 150 Å². The van der Waals surface area contributed by atoms with Crippen LogP contribution in [0.5, 0.6) is 5.88 Å². The molecule has 3 amide bonds. The normalized spacial score (nSPS) is 13.6. The van der Waals surface area contributed by atoms with E-state index in [0.29, 0.717) is 57.5 Å². The topological polar surface area (TPSA) is 527 Å². The Kier molecular flexibility index (Phi) is 17.9. The number of pyridine rings is 1. The van der Waals surface area contributed by atoms with Crippen molar-refractivity contribution in [1.82, 2.24) is 39.4 Å². The molecule has 0 unspecified atom stereocenters. The number of benzene rings is 4. The summed E-state index contributed by atoms with van der Waals surface area (Å²) in [6, 6.07) is 8.73. The second-order valence-electron chi connectivity index (χ2n) is 17.7. The fourth-order valence-electron chi connectivity index (χ4n) is 8.29. The van der Waals surface area contributed by atoms with Gasteiger partial charge in [-0.3, -0.25) is 37.3 Å². The number of nitrogens with one attached hydrogen (secondary N) is 4. The third-order valence-electron chi connectivity index (χ3n) is 12.1. The zero-order valence-corrected chi connectivity index (χ0v) is 48.1. The minimum Gasteiger partial charge on any atom is -0.493 e. The van der Waals surface area contributed by atoms with Gasteiger partial charge in [0, 0.05) is 68.1 Å². The Hall–Kier alpha value is -8.77. The maximum absolute atomic E-state index is 12.8. The smallest absolute Gasteiger partial charge is 0.316 e. The van der Waals surface area contributed by atoms with Gasteiger partial charge in [-0.2, -0.15) is 63.6 Å². The summed E-state index contributed by atoms with van der Waals surface area (Å²) in [5, 5.41) is 36.2. The highest BCUT2D eigenvalue weighted by Crippen LogP contribution is 2.39. The number of aromatic hydroxyl groups is 1. The predicted octanol–water partition coefficient (Wildman–Crippen LogP) is 4.84. The SMILES string of the molecule is CCn1c(O)c(/N=N/c2cc(Nc3nc(Cl)nc(NCCN4CCN(c5nc(Cl)nc(Nc6ccc(/N=N\c7cc8c(S(=O)(=O)O)cc(S(=O)(=O)O)cc8cc7S(=O)(=O)O)c(NC(N)=O)c6)n5)CC4)n3)ccc2S(=O)(=O)O)c(C)c(C(N)=O)c1=O. The van der Waals surface area contributed by atoms with E-state index in [0.717, 1.165) is 22.8 Å². The minimum atomic E-state index is -5.24. The van der Waals surface area contributed by atoms with E-state index >= 15 is 0 Å². The molecule has 4 aromatic carbocycles. The first-order chi connectivity index (χ1) is 39.8. The highest BCUT2D eigenvalue weighted by atomic mass is 35.5. The highest BCUT2D eigenvalue weighted by molar-refractivity contribution is 7.87. The van der Waals surface area contributed by atoms with Crippen LogP contribution in [0.4, 0.5) is 68.4 Å². The van der Waals surface area contributed by atoms with Crippen LogP contribution in [0.1, 0.15) is 22.8 Å². The quantitative estimate of drug-likeness (QED) is 0.0359. The summed E-state index contributed by atoms with van der Waals surface area (Å²) < 4.78 is 138. The van der Waals surface area contributed by atoms with Crippen molar-refractivity contribution in [2.45, 2.75) is 40.0 Å². The molecule has 41 heteroatoms. The van der Waals surface area contributed by atoms with Gasteiger partial charge in [-0.05, 0) is 103 Å². The number of carbonyl (C=O) groups is 2. The number of anilines is 7. The molecule has 448 valence electrons. The molecule has 7 aromatic rings. The summed E-state index contributed by atoms with van der Waals surface area (Å²) in [5.74, 6) is -1.71. The van der Waals surface area contributed by atoms with Crippen LogP contribution in [0.2, 0.25) is 10.6 Å². The maximum Gasteiger partial charge on any atom is 0.316 e. The zero-order valence-electron chi connectivity index (χ0n) is 43.3. The van der Waals surface area contributed by atoms with Crippen LogP contribution >= 0.6 is 23.2 Å². The monoisotopic (exact) mass is 1290 g/mol. The number of halogens is 2. The van der Waals surface area contributed by atoms with E-state index in [1.807, 2.05) is 4.90 Å². The predicted molar refractivity (Wildman–Crippen MR) is 302 cm³/mol. The third-order valence-corrected chi connectivity index (χ3v) is 16.0. The fourth-order valence-corrected chi connectivity index (χ4v) is 11.2. The first-order valence-corrected chi connectivity index (χ1v) is 30.3. The number of urea groups is 1. The van der Waals surface area contributed by atoms with Gasteiger partial charge in [0.25, 0.3) is 51.9 Å². The van der Waals surface area contributed by atoms with E-state index in [1.54, 1.807) is 0 Å². The Balaban J connectivity index is 0.920. The average Bonchev–Trinajstić information content (AvgIpc) is 1.79. The molecular formula is C44H43Cl2N19O16S4. The van der Waals surface area contributed by atoms with Gasteiger partial charge in [0.2, 0.25) is 40.2 Å². The molecule has 3 aromatic heterocycles. The molecule has 0 atom stereocenters. The number of azo groups is 2. The Bertz CT molecular complexity index is 4500. The summed E-state index contributed by atoms with van der Waals surface area (Å²) in [6.45, 7) is 5.31. The largest absolute Gasteiger partial charge is 0.493 e. The average molecular weight is 1290 g/mol. The van der Waals surface area contributed by atoms with Crippen LogP contribution in [0.3, 0.4) is 0 Å².